The van der Waals surface area contributed by atoms with E-state index < -0.39 is 11.3 Å². The number of carbonyl (C=O) groups is 1. The molecule has 0 N–H and O–H groups in total. The van der Waals surface area contributed by atoms with Crippen LogP contribution < -0.4 is 9.47 Å². The lowest BCUT2D eigenvalue weighted by molar-refractivity contribution is -0.383. The Morgan fingerprint density at radius 3 is 2.27 bits per heavy atom. The zero-order valence-corrected chi connectivity index (χ0v) is 29.7. The van der Waals surface area contributed by atoms with Crippen LogP contribution in [0.15, 0.2) is 84.0 Å². The highest BCUT2D eigenvalue weighted by Crippen LogP contribution is 2.44. The number of amides is 1. The molecule has 0 saturated heterocycles. The number of hydrogen-bond donors (Lipinski definition) is 0. The van der Waals surface area contributed by atoms with Gasteiger partial charge in [-0.15, -0.1) is 16.5 Å². The molecule has 0 aliphatic heterocycles. The highest BCUT2D eigenvalue weighted by Gasteiger charge is 2.37. The third-order valence-electron chi connectivity index (χ3n) is 7.93. The van der Waals surface area contributed by atoms with Gasteiger partial charge >= 0.3 is 5.91 Å². The molecule has 3 heterocycles. The predicted molar refractivity (Wildman–Crippen MR) is 194 cm³/mol. The van der Waals surface area contributed by atoms with Crippen LogP contribution in [0, 0.1) is 17.5 Å². The number of carbonyl (C=O) groups excluding carboxylic acids is 1. The van der Waals surface area contributed by atoms with Gasteiger partial charge in [0.05, 0.1) is 17.7 Å². The van der Waals surface area contributed by atoms with Gasteiger partial charge in [0.15, 0.2) is 0 Å². The molecule has 0 bridgehead atoms. The van der Waals surface area contributed by atoms with Gasteiger partial charge in [-0.2, -0.15) is 0 Å². The van der Waals surface area contributed by atoms with E-state index in [1.807, 2.05) is 70.4 Å². The van der Waals surface area contributed by atoms with Gasteiger partial charge in [-0.3, -0.25) is 4.98 Å². The number of fused-ring (bicyclic) bond motifs is 1. The highest BCUT2D eigenvalue weighted by molar-refractivity contribution is 8.00. The summed E-state index contributed by atoms with van der Waals surface area (Å²) in [5, 5.41) is 13.1. The molecule has 5 rings (SSSR count). The minimum Gasteiger partial charge on any atom is -0.617 e. The van der Waals surface area contributed by atoms with E-state index in [0.29, 0.717) is 32.1 Å². The maximum absolute atomic E-state index is 13.1. The van der Waals surface area contributed by atoms with Gasteiger partial charge in [-0.1, -0.05) is 51.1 Å². The molecule has 2 aromatic carbocycles. The van der Waals surface area contributed by atoms with Crippen molar-refractivity contribution in [3.8, 4) is 22.8 Å². The third-order valence-corrected chi connectivity index (χ3v) is 9.20. The minimum atomic E-state index is -0.982. The van der Waals surface area contributed by atoms with E-state index in [1.165, 1.54) is 0 Å². The molecule has 0 fully saturated rings. The Morgan fingerprint density at radius 2 is 1.67 bits per heavy atom. The Hall–Kier alpha value is -4.63. The van der Waals surface area contributed by atoms with Crippen molar-refractivity contribution in [3.63, 3.8) is 0 Å². The van der Waals surface area contributed by atoms with E-state index >= 15 is 0 Å². The monoisotopic (exact) mass is 664 g/mol. The number of thioether (sulfide) groups is 1. The van der Waals surface area contributed by atoms with Crippen molar-refractivity contribution >= 4 is 35.3 Å². The maximum atomic E-state index is 13.1. The second-order valence-electron chi connectivity index (χ2n) is 13.6. The van der Waals surface area contributed by atoms with Gasteiger partial charge in [-0.25, -0.2) is 9.78 Å². The molecule has 0 aliphatic carbocycles. The molecule has 1 amide bonds. The summed E-state index contributed by atoms with van der Waals surface area (Å²) in [5.41, 5.74) is 6.13. The molecule has 9 heteroatoms. The smallest absolute Gasteiger partial charge is 0.403 e. The van der Waals surface area contributed by atoms with Gasteiger partial charge in [0.2, 0.25) is 5.88 Å². The fourth-order valence-electron chi connectivity index (χ4n) is 5.56. The number of hydrogen-bond acceptors (Lipinski definition) is 7. The summed E-state index contributed by atoms with van der Waals surface area (Å²) >= 11 is 1.75. The number of ether oxygens (including phenoxy) is 2. The van der Waals surface area contributed by atoms with E-state index in [-0.39, 0.29) is 9.49 Å². The van der Waals surface area contributed by atoms with Gasteiger partial charge in [0, 0.05) is 63.2 Å². The Labute approximate surface area is 287 Å². The molecule has 0 atom stereocenters. The number of nitrogens with zero attached hydrogens (tertiary/aromatic N) is 4. The summed E-state index contributed by atoms with van der Waals surface area (Å²) in [6.45, 7) is 18.9. The summed E-state index contributed by atoms with van der Waals surface area (Å²) in [7, 11) is 0. The Bertz CT molecular complexity index is 1910. The van der Waals surface area contributed by atoms with Crippen molar-refractivity contribution in [2.24, 2.45) is 5.41 Å². The molecule has 8 nitrogen and oxygen atoms in total. The number of aromatic nitrogens is 3. The van der Waals surface area contributed by atoms with Crippen molar-refractivity contribution < 1.29 is 19.0 Å². The summed E-state index contributed by atoms with van der Waals surface area (Å²) in [4.78, 5) is 23.0. The summed E-state index contributed by atoms with van der Waals surface area (Å²) in [6.07, 6.45) is 4.02. The van der Waals surface area contributed by atoms with Crippen molar-refractivity contribution in [3.05, 3.63) is 107 Å². The third kappa shape index (κ3) is 8.26. The predicted octanol–water partition coefficient (Wildman–Crippen LogP) is 8.63. The summed E-state index contributed by atoms with van der Waals surface area (Å²) < 4.78 is 14.1. The SMILES string of the molecule is C=[N+]([O-])C(=O)C(C)(C)Cc1c(SC(C)(C)C)c2cc(OCc3ccc(C)cn3)ccc2n1Cc1ccc(-c2ccc(OCC)nc2)cc1. The van der Waals surface area contributed by atoms with E-state index in [0.717, 1.165) is 55.2 Å². The topological polar surface area (TPSA) is 92.3 Å². The standard InChI is InChI=1S/C39H44N4O4S/c1-9-46-35-19-15-29(23-41-35)28-13-11-27(12-14-28)24-43-33-18-17-31(47-25-30-16-10-26(2)22-40-30)20-32(33)36(48-38(3,4)5)34(43)21-39(6,7)37(44)42(8)45/h10-20,22-23H,8-9,21,24-25H2,1-7H3. The van der Waals surface area contributed by atoms with E-state index in [2.05, 4.69) is 78.4 Å². The number of aryl methyl sites for hydroxylation is 1. The van der Waals surface area contributed by atoms with Crippen LogP contribution in [-0.2, 0) is 24.4 Å². The van der Waals surface area contributed by atoms with Crippen LogP contribution in [0.4, 0.5) is 0 Å². The first-order valence-electron chi connectivity index (χ1n) is 16.1. The number of rotatable bonds is 12. The quantitative estimate of drug-likeness (QED) is 0.0433. The zero-order chi connectivity index (χ0) is 34.6. The zero-order valence-electron chi connectivity index (χ0n) is 28.9. The molecular formula is C39H44N4O4S. The first-order valence-corrected chi connectivity index (χ1v) is 16.9. The molecule has 0 radical (unpaired) electrons. The first-order chi connectivity index (χ1) is 22.7. The molecule has 0 aliphatic rings. The highest BCUT2D eigenvalue weighted by atomic mass is 32.2. The molecular weight excluding hydrogens is 621 g/mol. The van der Waals surface area contributed by atoms with E-state index in [4.69, 9.17) is 9.47 Å². The molecule has 0 saturated carbocycles. The molecule has 5 aromatic rings. The average Bonchev–Trinajstić information content (AvgIpc) is 3.30. The number of pyridine rings is 2. The first kappa shape index (κ1) is 34.7. The summed E-state index contributed by atoms with van der Waals surface area (Å²) in [5.74, 6) is 0.778. The fourth-order valence-corrected chi connectivity index (χ4v) is 6.75. The van der Waals surface area contributed by atoms with Crippen LogP contribution in [-0.4, -0.2) is 43.3 Å². The van der Waals surface area contributed by atoms with Crippen molar-refractivity contribution in [1.82, 2.24) is 14.5 Å². The van der Waals surface area contributed by atoms with Crippen LogP contribution in [0.2, 0.25) is 0 Å². The molecule has 250 valence electrons. The van der Waals surface area contributed by atoms with Crippen LogP contribution in [0.1, 0.15) is 64.1 Å². The van der Waals surface area contributed by atoms with Crippen LogP contribution in [0.3, 0.4) is 0 Å². The Morgan fingerprint density at radius 1 is 0.938 bits per heavy atom. The summed E-state index contributed by atoms with van der Waals surface area (Å²) in [6, 6.07) is 22.5. The largest absolute Gasteiger partial charge is 0.617 e. The second kappa shape index (κ2) is 14.2. The van der Waals surface area contributed by atoms with Crippen LogP contribution >= 0.6 is 11.8 Å². The molecule has 0 unspecified atom stereocenters. The maximum Gasteiger partial charge on any atom is 0.403 e. The number of hydroxylamine groups is 1. The molecule has 3 aromatic heterocycles. The molecule has 0 spiro atoms. The van der Waals surface area contributed by atoms with Gasteiger partial charge < -0.3 is 19.2 Å². The second-order valence-corrected chi connectivity index (χ2v) is 15.5. The van der Waals surface area contributed by atoms with Crippen molar-refractivity contribution in [2.45, 2.75) is 77.7 Å². The van der Waals surface area contributed by atoms with Gasteiger partial charge in [0.1, 0.15) is 19.1 Å². The van der Waals surface area contributed by atoms with E-state index in [9.17, 15) is 10.0 Å². The molecule has 48 heavy (non-hydrogen) atoms. The number of benzene rings is 2. The Kier molecular flexibility index (Phi) is 10.3. The van der Waals surface area contributed by atoms with Crippen LogP contribution in [0.5, 0.6) is 11.6 Å². The normalized spacial score (nSPS) is 11.9. The van der Waals surface area contributed by atoms with E-state index in [1.54, 1.807) is 11.8 Å². The lowest BCUT2D eigenvalue weighted by Crippen LogP contribution is -2.34. The average molecular weight is 665 g/mol. The minimum absolute atomic E-state index is 0.130. The fraction of sp³-hybridized carbons (Fsp3) is 0.333. The lowest BCUT2D eigenvalue weighted by Gasteiger charge is -2.24. The van der Waals surface area contributed by atoms with Gasteiger partial charge in [-0.05, 0) is 74.7 Å². The van der Waals surface area contributed by atoms with Crippen LogP contribution in [0.25, 0.3) is 22.0 Å². The van der Waals surface area contributed by atoms with Crippen molar-refractivity contribution in [2.75, 3.05) is 6.61 Å². The van der Waals surface area contributed by atoms with Gasteiger partial charge in [0.25, 0.3) is 0 Å². The van der Waals surface area contributed by atoms with Crippen molar-refractivity contribution in [1.29, 1.82) is 0 Å². The Balaban J connectivity index is 1.57. The lowest BCUT2D eigenvalue weighted by atomic mass is 9.86.